The lowest BCUT2D eigenvalue weighted by molar-refractivity contribution is 0.0946. The predicted octanol–water partition coefficient (Wildman–Crippen LogP) is 1.65. The number of nitrogens with one attached hydrogen (secondary N) is 2. The van der Waals surface area contributed by atoms with E-state index in [-0.39, 0.29) is 24.2 Å². The summed E-state index contributed by atoms with van der Waals surface area (Å²) in [5.74, 6) is -0.257. The van der Waals surface area contributed by atoms with Gasteiger partial charge in [-0.2, -0.15) is 0 Å². The molecule has 0 atom stereocenters. The first-order valence-corrected chi connectivity index (χ1v) is 10.1. The Labute approximate surface area is 187 Å². The van der Waals surface area contributed by atoms with Crippen LogP contribution < -0.4 is 21.9 Å². The van der Waals surface area contributed by atoms with Crippen molar-refractivity contribution in [2.75, 3.05) is 12.4 Å². The maximum atomic E-state index is 13.6. The molecule has 0 radical (unpaired) electrons. The number of aryl methyl sites for hydroxylation is 1. The third-order valence-electron chi connectivity index (χ3n) is 5.23. The molecule has 3 aromatic heterocycles. The molecule has 0 unspecified atom stereocenters. The van der Waals surface area contributed by atoms with Gasteiger partial charge in [-0.05, 0) is 41.5 Å². The largest absolute Gasteiger partial charge is 0.373 e. The van der Waals surface area contributed by atoms with Crippen molar-refractivity contribution >= 4 is 22.6 Å². The molecule has 9 nitrogen and oxygen atoms in total. The van der Waals surface area contributed by atoms with E-state index in [0.717, 1.165) is 10.1 Å². The van der Waals surface area contributed by atoms with Gasteiger partial charge in [-0.1, -0.05) is 12.1 Å². The number of benzene rings is 1. The second-order valence-corrected chi connectivity index (χ2v) is 7.43. The first-order valence-electron chi connectivity index (χ1n) is 10.1. The normalized spacial score (nSPS) is 10.9. The van der Waals surface area contributed by atoms with E-state index in [1.807, 2.05) is 0 Å². The van der Waals surface area contributed by atoms with Crippen LogP contribution in [0.25, 0.3) is 10.9 Å². The molecular formula is C23H21FN6O3. The third-order valence-corrected chi connectivity index (χ3v) is 5.23. The Morgan fingerprint density at radius 1 is 1.09 bits per heavy atom. The van der Waals surface area contributed by atoms with Crippen molar-refractivity contribution < 1.29 is 9.18 Å². The molecule has 2 N–H and O–H groups in total. The van der Waals surface area contributed by atoms with Crippen LogP contribution in [0.15, 0.2) is 64.4 Å². The highest BCUT2D eigenvalue weighted by atomic mass is 19.1. The Balaban J connectivity index is 1.66. The molecule has 1 aromatic carbocycles. The Bertz CT molecular complexity index is 1480. The van der Waals surface area contributed by atoms with E-state index in [2.05, 4.69) is 20.6 Å². The van der Waals surface area contributed by atoms with Gasteiger partial charge in [-0.15, -0.1) is 0 Å². The Hall–Kier alpha value is -4.34. The average molecular weight is 448 g/mol. The zero-order valence-corrected chi connectivity index (χ0v) is 18.0. The number of halogens is 1. The van der Waals surface area contributed by atoms with Gasteiger partial charge < -0.3 is 10.6 Å². The molecule has 0 bridgehead atoms. The smallest absolute Gasteiger partial charge is 0.331 e. The number of amides is 1. The maximum Gasteiger partial charge on any atom is 0.331 e. The number of fused-ring (bicyclic) bond motifs is 1. The first kappa shape index (κ1) is 21.9. The summed E-state index contributed by atoms with van der Waals surface area (Å²) < 4.78 is 15.8. The van der Waals surface area contributed by atoms with E-state index in [0.29, 0.717) is 16.9 Å². The second kappa shape index (κ2) is 9.03. The predicted molar refractivity (Wildman–Crippen MR) is 122 cm³/mol. The number of pyridine rings is 2. The van der Waals surface area contributed by atoms with E-state index >= 15 is 0 Å². The monoisotopic (exact) mass is 448 g/mol. The number of carbonyl (C=O) groups excluding carboxylic acids is 1. The highest BCUT2D eigenvalue weighted by Crippen LogP contribution is 2.11. The lowest BCUT2D eigenvalue weighted by Crippen LogP contribution is -2.39. The second-order valence-electron chi connectivity index (χ2n) is 7.43. The van der Waals surface area contributed by atoms with Gasteiger partial charge in [0.25, 0.3) is 11.5 Å². The van der Waals surface area contributed by atoms with E-state index in [1.54, 1.807) is 31.4 Å². The SMILES string of the molecule is CNc1cc(CNC(=O)c2cc3c(=O)n(Cc4cccc(F)c4)c(=O)n(C)c3cn2)ccn1. The first-order chi connectivity index (χ1) is 15.9. The summed E-state index contributed by atoms with van der Waals surface area (Å²) in [4.78, 5) is 46.8. The minimum absolute atomic E-state index is 0.0402. The van der Waals surface area contributed by atoms with E-state index in [4.69, 9.17) is 0 Å². The molecule has 0 saturated carbocycles. The zero-order chi connectivity index (χ0) is 23.5. The minimum Gasteiger partial charge on any atom is -0.373 e. The van der Waals surface area contributed by atoms with E-state index in [1.165, 1.54) is 42.1 Å². The molecule has 0 aliphatic carbocycles. The van der Waals surface area contributed by atoms with Crippen LogP contribution in [-0.2, 0) is 20.1 Å². The number of nitrogens with zero attached hydrogens (tertiary/aromatic N) is 4. The fourth-order valence-electron chi connectivity index (χ4n) is 3.48. The van der Waals surface area contributed by atoms with Gasteiger partial charge in [0.15, 0.2) is 0 Å². The van der Waals surface area contributed by atoms with E-state index in [9.17, 15) is 18.8 Å². The lowest BCUT2D eigenvalue weighted by atomic mass is 10.2. The topological polar surface area (TPSA) is 111 Å². The van der Waals surface area contributed by atoms with Crippen LogP contribution in [-0.4, -0.2) is 32.1 Å². The van der Waals surface area contributed by atoms with E-state index < -0.39 is 23.0 Å². The molecular weight excluding hydrogens is 427 g/mol. The number of hydrogen-bond donors (Lipinski definition) is 2. The van der Waals surface area contributed by atoms with Gasteiger partial charge in [-0.3, -0.25) is 18.7 Å². The Kier molecular flexibility index (Phi) is 5.99. The Morgan fingerprint density at radius 2 is 1.91 bits per heavy atom. The molecule has 4 aromatic rings. The van der Waals surface area contributed by atoms with Gasteiger partial charge in [-0.25, -0.2) is 19.2 Å². The van der Waals surface area contributed by atoms with Crippen LogP contribution >= 0.6 is 0 Å². The number of aromatic nitrogens is 4. The van der Waals surface area contributed by atoms with Crippen molar-refractivity contribution in [3.05, 3.63) is 98.3 Å². The van der Waals surface area contributed by atoms with Gasteiger partial charge in [0, 0.05) is 26.8 Å². The van der Waals surface area contributed by atoms with Crippen LogP contribution in [0.3, 0.4) is 0 Å². The molecule has 168 valence electrons. The van der Waals surface area contributed by atoms with Gasteiger partial charge >= 0.3 is 5.69 Å². The summed E-state index contributed by atoms with van der Waals surface area (Å²) >= 11 is 0. The van der Waals surface area contributed by atoms with Crippen LogP contribution in [0.2, 0.25) is 0 Å². The van der Waals surface area contributed by atoms with Gasteiger partial charge in [0.1, 0.15) is 17.3 Å². The van der Waals surface area contributed by atoms with Crippen molar-refractivity contribution in [1.29, 1.82) is 0 Å². The van der Waals surface area contributed by atoms with Crippen molar-refractivity contribution in [3.8, 4) is 0 Å². The highest BCUT2D eigenvalue weighted by molar-refractivity contribution is 5.95. The summed E-state index contributed by atoms with van der Waals surface area (Å²) in [5.41, 5.74) is 0.501. The summed E-state index contributed by atoms with van der Waals surface area (Å²) in [6.07, 6.45) is 2.95. The van der Waals surface area contributed by atoms with Crippen LogP contribution in [0.5, 0.6) is 0 Å². The Morgan fingerprint density at radius 3 is 2.67 bits per heavy atom. The molecule has 10 heteroatoms. The van der Waals surface area contributed by atoms with Crippen LogP contribution in [0.1, 0.15) is 21.6 Å². The van der Waals surface area contributed by atoms with Crippen molar-refractivity contribution in [1.82, 2.24) is 24.4 Å². The summed E-state index contributed by atoms with van der Waals surface area (Å²) in [5, 5.41) is 5.85. The fraction of sp³-hybridized carbons (Fsp3) is 0.174. The number of carbonyl (C=O) groups is 1. The lowest BCUT2D eigenvalue weighted by Gasteiger charge is -2.12. The van der Waals surface area contributed by atoms with Gasteiger partial charge in [0.2, 0.25) is 0 Å². The zero-order valence-electron chi connectivity index (χ0n) is 18.0. The average Bonchev–Trinajstić information content (AvgIpc) is 2.83. The minimum atomic E-state index is -0.582. The number of anilines is 1. The maximum absolute atomic E-state index is 13.6. The molecule has 1 amide bonds. The molecule has 0 saturated heterocycles. The number of rotatable bonds is 6. The quantitative estimate of drug-likeness (QED) is 0.464. The molecule has 3 heterocycles. The van der Waals surface area contributed by atoms with Crippen LogP contribution in [0.4, 0.5) is 10.2 Å². The van der Waals surface area contributed by atoms with Crippen LogP contribution in [0, 0.1) is 5.82 Å². The van der Waals surface area contributed by atoms with Crippen molar-refractivity contribution in [3.63, 3.8) is 0 Å². The molecule has 0 fully saturated rings. The summed E-state index contributed by atoms with van der Waals surface area (Å²) in [7, 11) is 3.26. The molecule has 0 aliphatic rings. The van der Waals surface area contributed by atoms with Gasteiger partial charge in [0.05, 0.1) is 23.6 Å². The summed E-state index contributed by atoms with van der Waals surface area (Å²) in [6.45, 7) is 0.145. The third kappa shape index (κ3) is 4.49. The molecule has 0 aliphatic heterocycles. The fourth-order valence-corrected chi connectivity index (χ4v) is 3.48. The molecule has 4 rings (SSSR count). The van der Waals surface area contributed by atoms with Crippen molar-refractivity contribution in [2.45, 2.75) is 13.1 Å². The summed E-state index contributed by atoms with van der Waals surface area (Å²) in [6, 6.07) is 10.6. The molecule has 0 spiro atoms. The molecule has 33 heavy (non-hydrogen) atoms. The standard InChI is InChI=1S/C23H21FN6O3/c1-25-20-9-14(6-7-26-20)11-28-21(31)18-10-17-19(12-27-18)29(2)23(33)30(22(17)32)13-15-4-3-5-16(24)8-15/h3-10,12H,11,13H2,1-2H3,(H,25,26)(H,28,31). The highest BCUT2D eigenvalue weighted by Gasteiger charge is 2.15. The van der Waals surface area contributed by atoms with Crippen molar-refractivity contribution in [2.24, 2.45) is 7.05 Å². The number of hydrogen-bond acceptors (Lipinski definition) is 6.